The quantitative estimate of drug-likeness (QED) is 0.346. The zero-order valence-corrected chi connectivity index (χ0v) is 16.4. The number of benzene rings is 3. The minimum absolute atomic E-state index is 0.0319. The van der Waals surface area contributed by atoms with E-state index in [-0.39, 0.29) is 16.9 Å². The topological polar surface area (TPSA) is 85.0 Å². The number of para-hydroxylation sites is 1. The van der Waals surface area contributed by atoms with Crippen LogP contribution in [-0.4, -0.2) is 23.8 Å². The molecule has 0 unspecified atom stereocenters. The summed E-state index contributed by atoms with van der Waals surface area (Å²) in [6, 6.07) is 18.5. The number of nitro groups is 1. The molecule has 3 aromatic carbocycles. The van der Waals surface area contributed by atoms with Crippen molar-refractivity contribution in [1.29, 1.82) is 0 Å². The number of anilines is 1. The second kappa shape index (κ2) is 8.19. The van der Waals surface area contributed by atoms with Gasteiger partial charge in [-0.3, -0.25) is 19.8 Å². The van der Waals surface area contributed by atoms with Crippen molar-refractivity contribution in [2.75, 3.05) is 12.0 Å². The van der Waals surface area contributed by atoms with Crippen LogP contribution in [0, 0.1) is 15.9 Å². The van der Waals surface area contributed by atoms with E-state index in [4.69, 9.17) is 4.74 Å². The van der Waals surface area contributed by atoms with Gasteiger partial charge in [-0.25, -0.2) is 9.38 Å². The third kappa shape index (κ3) is 3.91. The van der Waals surface area contributed by atoms with Crippen LogP contribution in [0.1, 0.15) is 11.1 Å². The highest BCUT2D eigenvalue weighted by molar-refractivity contribution is 6.33. The lowest BCUT2D eigenvalue weighted by molar-refractivity contribution is -0.385. The lowest BCUT2D eigenvalue weighted by Crippen LogP contribution is -2.32. The minimum atomic E-state index is -0.516. The number of aliphatic imine (C=N–C) groups is 1. The Morgan fingerprint density at radius 1 is 1.03 bits per heavy atom. The van der Waals surface area contributed by atoms with Gasteiger partial charge in [0.05, 0.1) is 23.3 Å². The van der Waals surface area contributed by atoms with Gasteiger partial charge in [0.25, 0.3) is 11.6 Å². The van der Waals surface area contributed by atoms with E-state index in [0.717, 1.165) is 0 Å². The van der Waals surface area contributed by atoms with Gasteiger partial charge in [-0.15, -0.1) is 0 Å². The van der Waals surface area contributed by atoms with Gasteiger partial charge in [0.1, 0.15) is 23.1 Å². The molecular weight excluding hydrogens is 401 g/mol. The van der Waals surface area contributed by atoms with Crippen molar-refractivity contribution in [2.24, 2.45) is 4.99 Å². The maximum atomic E-state index is 13.4. The van der Waals surface area contributed by atoms with Crippen LogP contribution in [0.25, 0.3) is 6.08 Å². The van der Waals surface area contributed by atoms with Gasteiger partial charge in [-0.1, -0.05) is 12.1 Å². The lowest BCUT2D eigenvalue weighted by atomic mass is 10.1. The summed E-state index contributed by atoms with van der Waals surface area (Å²) in [5.74, 6) is 0.0364. The molecule has 7 nitrogen and oxygen atoms in total. The highest BCUT2D eigenvalue weighted by Gasteiger charge is 2.33. The number of rotatable bonds is 5. The summed E-state index contributed by atoms with van der Waals surface area (Å²) in [6.07, 6.45) is 1.38. The third-order valence-corrected chi connectivity index (χ3v) is 4.72. The molecule has 0 aromatic heterocycles. The molecule has 0 saturated carbocycles. The van der Waals surface area contributed by atoms with Crippen molar-refractivity contribution in [2.45, 2.75) is 0 Å². The number of carbonyl (C=O) groups is 1. The number of methoxy groups -OCH3 is 1. The summed E-state index contributed by atoms with van der Waals surface area (Å²) in [4.78, 5) is 29.9. The zero-order chi connectivity index (χ0) is 22.0. The van der Waals surface area contributed by atoms with Crippen LogP contribution in [0.2, 0.25) is 0 Å². The summed E-state index contributed by atoms with van der Waals surface area (Å²) in [5, 5.41) is 11.3. The zero-order valence-electron chi connectivity index (χ0n) is 16.4. The van der Waals surface area contributed by atoms with Crippen molar-refractivity contribution >= 4 is 29.2 Å². The number of hydrogen-bond acceptors (Lipinski definition) is 5. The lowest BCUT2D eigenvalue weighted by Gasteiger charge is -2.18. The Balaban J connectivity index is 1.83. The average molecular weight is 417 g/mol. The third-order valence-electron chi connectivity index (χ3n) is 4.72. The van der Waals surface area contributed by atoms with Gasteiger partial charge in [0.15, 0.2) is 0 Å². The van der Waals surface area contributed by atoms with Crippen LogP contribution in [0.4, 0.5) is 15.8 Å². The SMILES string of the molecule is COc1ccc(N2C(=O)/C(=C\c3ccccc3[N+](=O)[O-])N=C2c2ccc(F)cc2)cc1. The first kappa shape index (κ1) is 20.0. The molecule has 0 spiro atoms. The van der Waals surface area contributed by atoms with E-state index in [1.165, 1.54) is 48.4 Å². The van der Waals surface area contributed by atoms with Gasteiger partial charge in [0, 0.05) is 11.6 Å². The predicted molar refractivity (Wildman–Crippen MR) is 114 cm³/mol. The molecule has 0 aliphatic carbocycles. The Hall–Kier alpha value is -4.33. The van der Waals surface area contributed by atoms with Gasteiger partial charge in [-0.2, -0.15) is 0 Å². The molecule has 1 aliphatic heterocycles. The summed E-state index contributed by atoms with van der Waals surface area (Å²) in [6.45, 7) is 0. The average Bonchev–Trinajstić information content (AvgIpc) is 3.10. The number of amidine groups is 1. The van der Waals surface area contributed by atoms with Gasteiger partial charge in [0.2, 0.25) is 0 Å². The second-order valence-corrected chi connectivity index (χ2v) is 6.63. The molecule has 8 heteroatoms. The summed E-state index contributed by atoms with van der Waals surface area (Å²) < 4.78 is 18.6. The molecule has 0 fully saturated rings. The normalized spacial score (nSPS) is 14.6. The van der Waals surface area contributed by atoms with Crippen molar-refractivity contribution in [3.05, 3.63) is 106 Å². The van der Waals surface area contributed by atoms with Crippen molar-refractivity contribution in [3.8, 4) is 5.75 Å². The van der Waals surface area contributed by atoms with Crippen molar-refractivity contribution < 1.29 is 18.8 Å². The summed E-state index contributed by atoms with van der Waals surface area (Å²) in [7, 11) is 1.54. The van der Waals surface area contributed by atoms with E-state index in [9.17, 15) is 19.3 Å². The molecule has 0 atom stereocenters. The number of carbonyl (C=O) groups excluding carboxylic acids is 1. The Bertz CT molecular complexity index is 1220. The maximum Gasteiger partial charge on any atom is 0.282 e. The van der Waals surface area contributed by atoms with Crippen LogP contribution in [0.5, 0.6) is 5.75 Å². The molecule has 0 N–H and O–H groups in total. The Kier molecular flexibility index (Phi) is 5.28. The molecule has 1 aliphatic rings. The van der Waals surface area contributed by atoms with E-state index in [2.05, 4.69) is 4.99 Å². The Morgan fingerprint density at radius 2 is 1.71 bits per heavy atom. The van der Waals surface area contributed by atoms with Crippen LogP contribution in [0.3, 0.4) is 0 Å². The fraction of sp³-hybridized carbons (Fsp3) is 0.0435. The number of nitro benzene ring substituents is 1. The van der Waals surface area contributed by atoms with E-state index in [1.54, 1.807) is 42.5 Å². The van der Waals surface area contributed by atoms with Gasteiger partial charge >= 0.3 is 0 Å². The smallest absolute Gasteiger partial charge is 0.282 e. The fourth-order valence-corrected chi connectivity index (χ4v) is 3.20. The van der Waals surface area contributed by atoms with E-state index in [1.807, 2.05) is 0 Å². The summed E-state index contributed by atoms with van der Waals surface area (Å²) >= 11 is 0. The van der Waals surface area contributed by atoms with Crippen LogP contribution < -0.4 is 9.64 Å². The van der Waals surface area contributed by atoms with Crippen molar-refractivity contribution in [1.82, 2.24) is 0 Å². The molecule has 3 aromatic rings. The summed E-state index contributed by atoms with van der Waals surface area (Å²) in [5.41, 5.74) is 1.21. The molecule has 154 valence electrons. The van der Waals surface area contributed by atoms with Gasteiger partial charge in [-0.05, 0) is 60.7 Å². The van der Waals surface area contributed by atoms with Gasteiger partial charge < -0.3 is 4.74 Å². The molecule has 31 heavy (non-hydrogen) atoms. The Labute approximate surface area is 176 Å². The minimum Gasteiger partial charge on any atom is -0.497 e. The van der Waals surface area contributed by atoms with Crippen molar-refractivity contribution in [3.63, 3.8) is 0 Å². The largest absolute Gasteiger partial charge is 0.497 e. The first-order chi connectivity index (χ1) is 15.0. The van der Waals surface area contributed by atoms with Crippen LogP contribution in [0.15, 0.2) is 83.5 Å². The molecule has 1 amide bonds. The van der Waals surface area contributed by atoms with E-state index in [0.29, 0.717) is 22.8 Å². The van der Waals surface area contributed by atoms with E-state index < -0.39 is 16.6 Å². The number of nitrogens with zero attached hydrogens (tertiary/aromatic N) is 3. The number of halogens is 1. The molecular formula is C23H16FN3O4. The standard InChI is InChI=1S/C23H16FN3O4/c1-31-19-12-10-18(11-13-19)26-22(15-6-8-17(24)9-7-15)25-20(23(26)28)14-16-4-2-3-5-21(16)27(29)30/h2-14H,1H3/b20-14+. The Morgan fingerprint density at radius 3 is 2.35 bits per heavy atom. The monoisotopic (exact) mass is 417 g/mol. The number of amides is 1. The van der Waals surface area contributed by atoms with Crippen LogP contribution >= 0.6 is 0 Å². The number of ether oxygens (including phenoxy) is 1. The number of hydrogen-bond donors (Lipinski definition) is 0. The molecule has 0 saturated heterocycles. The second-order valence-electron chi connectivity index (χ2n) is 6.63. The maximum absolute atomic E-state index is 13.4. The first-order valence-corrected chi connectivity index (χ1v) is 9.26. The molecule has 0 bridgehead atoms. The molecule has 1 heterocycles. The first-order valence-electron chi connectivity index (χ1n) is 9.26. The molecule has 4 rings (SSSR count). The highest BCUT2D eigenvalue weighted by atomic mass is 19.1. The highest BCUT2D eigenvalue weighted by Crippen LogP contribution is 2.30. The van der Waals surface area contributed by atoms with Crippen LogP contribution in [-0.2, 0) is 4.79 Å². The van der Waals surface area contributed by atoms with E-state index >= 15 is 0 Å². The predicted octanol–water partition coefficient (Wildman–Crippen LogP) is 4.58. The fourth-order valence-electron chi connectivity index (χ4n) is 3.20. The molecule has 0 radical (unpaired) electrons.